The Morgan fingerprint density at radius 1 is 1.14 bits per heavy atom. The van der Waals surface area contributed by atoms with Crippen LogP contribution in [0.25, 0.3) is 0 Å². The van der Waals surface area contributed by atoms with E-state index < -0.39 is 0 Å². The first kappa shape index (κ1) is 15.1. The van der Waals surface area contributed by atoms with E-state index in [-0.39, 0.29) is 6.10 Å². The summed E-state index contributed by atoms with van der Waals surface area (Å²) in [5, 5.41) is 13.5. The molecule has 21 heavy (non-hydrogen) atoms. The SMILES string of the molecule is CC1(C)CCc2ccccc2C1NCC1CCC(O)CC1. The Bertz CT molecular complexity index is 474. The zero-order chi connectivity index (χ0) is 14.9. The molecular weight excluding hydrogens is 258 g/mol. The molecule has 0 aliphatic heterocycles. The van der Waals surface area contributed by atoms with E-state index in [4.69, 9.17) is 0 Å². The highest BCUT2D eigenvalue weighted by atomic mass is 16.3. The van der Waals surface area contributed by atoms with E-state index in [0.29, 0.717) is 11.5 Å². The van der Waals surface area contributed by atoms with Crippen molar-refractivity contribution in [3.63, 3.8) is 0 Å². The lowest BCUT2D eigenvalue weighted by atomic mass is 9.70. The summed E-state index contributed by atoms with van der Waals surface area (Å²) in [4.78, 5) is 0. The maximum Gasteiger partial charge on any atom is 0.0540 e. The predicted molar refractivity (Wildman–Crippen MR) is 87.3 cm³/mol. The molecule has 0 aromatic heterocycles. The summed E-state index contributed by atoms with van der Waals surface area (Å²) in [6.07, 6.45) is 6.72. The van der Waals surface area contributed by atoms with Gasteiger partial charge < -0.3 is 10.4 Å². The van der Waals surface area contributed by atoms with Crippen LogP contribution < -0.4 is 5.32 Å². The average molecular weight is 287 g/mol. The third kappa shape index (κ3) is 3.32. The lowest BCUT2D eigenvalue weighted by molar-refractivity contribution is 0.104. The van der Waals surface area contributed by atoms with Crippen molar-refractivity contribution in [2.75, 3.05) is 6.54 Å². The normalized spacial score (nSPS) is 31.7. The number of aliphatic hydroxyl groups is 1. The fraction of sp³-hybridized carbons (Fsp3) is 0.684. The number of nitrogens with one attached hydrogen (secondary N) is 1. The molecule has 0 bridgehead atoms. The van der Waals surface area contributed by atoms with Crippen molar-refractivity contribution < 1.29 is 5.11 Å². The highest BCUT2D eigenvalue weighted by molar-refractivity contribution is 5.34. The van der Waals surface area contributed by atoms with E-state index in [2.05, 4.69) is 43.4 Å². The van der Waals surface area contributed by atoms with Gasteiger partial charge in [-0.05, 0) is 67.5 Å². The molecule has 1 aromatic rings. The molecule has 2 aliphatic carbocycles. The smallest absolute Gasteiger partial charge is 0.0540 e. The monoisotopic (exact) mass is 287 g/mol. The standard InChI is InChI=1S/C19H29NO/c1-19(2)12-11-15-5-3-4-6-17(15)18(19)20-13-14-7-9-16(21)10-8-14/h3-6,14,16,18,20-21H,7-13H2,1-2H3. The molecule has 1 unspecified atom stereocenters. The van der Waals surface area contributed by atoms with Crippen molar-refractivity contribution in [1.29, 1.82) is 0 Å². The van der Waals surface area contributed by atoms with Crippen LogP contribution in [0.3, 0.4) is 0 Å². The van der Waals surface area contributed by atoms with E-state index in [9.17, 15) is 5.11 Å². The summed E-state index contributed by atoms with van der Waals surface area (Å²) in [6.45, 7) is 5.88. The summed E-state index contributed by atoms with van der Waals surface area (Å²) in [5.41, 5.74) is 3.35. The average Bonchev–Trinajstić information content (AvgIpc) is 2.48. The summed E-state index contributed by atoms with van der Waals surface area (Å²) in [6, 6.07) is 9.39. The largest absolute Gasteiger partial charge is 0.393 e. The number of aryl methyl sites for hydroxylation is 1. The van der Waals surface area contributed by atoms with Crippen molar-refractivity contribution in [1.82, 2.24) is 5.32 Å². The van der Waals surface area contributed by atoms with Crippen LogP contribution >= 0.6 is 0 Å². The van der Waals surface area contributed by atoms with E-state index in [1.165, 1.54) is 36.8 Å². The van der Waals surface area contributed by atoms with Crippen molar-refractivity contribution >= 4 is 0 Å². The molecule has 2 nitrogen and oxygen atoms in total. The van der Waals surface area contributed by atoms with E-state index in [1.807, 2.05) is 0 Å². The van der Waals surface area contributed by atoms with Crippen LogP contribution in [0.2, 0.25) is 0 Å². The van der Waals surface area contributed by atoms with Crippen molar-refractivity contribution in [2.24, 2.45) is 11.3 Å². The van der Waals surface area contributed by atoms with Crippen molar-refractivity contribution in [3.05, 3.63) is 35.4 Å². The fourth-order valence-electron chi connectivity index (χ4n) is 4.09. The Morgan fingerprint density at radius 3 is 2.62 bits per heavy atom. The third-order valence-corrected chi connectivity index (χ3v) is 5.61. The van der Waals surface area contributed by atoms with Gasteiger partial charge in [0, 0.05) is 6.04 Å². The maximum atomic E-state index is 9.64. The molecule has 2 aliphatic rings. The van der Waals surface area contributed by atoms with Gasteiger partial charge in [0.2, 0.25) is 0 Å². The Morgan fingerprint density at radius 2 is 1.86 bits per heavy atom. The van der Waals surface area contributed by atoms with Crippen molar-refractivity contribution in [2.45, 2.75) is 64.5 Å². The van der Waals surface area contributed by atoms with E-state index >= 15 is 0 Å². The lowest BCUT2D eigenvalue weighted by Crippen LogP contribution is -2.40. The molecule has 1 fully saturated rings. The predicted octanol–water partition coefficient (Wildman–Crippen LogP) is 3.84. The van der Waals surface area contributed by atoms with Crippen LogP contribution in [0.5, 0.6) is 0 Å². The first-order valence-electron chi connectivity index (χ1n) is 8.55. The molecule has 0 heterocycles. The molecule has 2 N–H and O–H groups in total. The zero-order valence-electron chi connectivity index (χ0n) is 13.4. The minimum absolute atomic E-state index is 0.0481. The number of hydrogen-bond acceptors (Lipinski definition) is 2. The number of hydrogen-bond donors (Lipinski definition) is 2. The molecule has 3 rings (SSSR count). The van der Waals surface area contributed by atoms with Crippen LogP contribution in [0.1, 0.15) is 63.1 Å². The number of aliphatic hydroxyl groups excluding tert-OH is 1. The van der Waals surface area contributed by atoms with Gasteiger partial charge in [-0.2, -0.15) is 0 Å². The van der Waals surface area contributed by atoms with Gasteiger partial charge in [-0.15, -0.1) is 0 Å². The second kappa shape index (κ2) is 6.10. The molecule has 1 saturated carbocycles. The minimum Gasteiger partial charge on any atom is -0.393 e. The fourth-order valence-corrected chi connectivity index (χ4v) is 4.09. The van der Waals surface area contributed by atoms with Crippen molar-refractivity contribution in [3.8, 4) is 0 Å². The number of benzene rings is 1. The zero-order valence-corrected chi connectivity index (χ0v) is 13.4. The topological polar surface area (TPSA) is 32.3 Å². The second-order valence-corrected chi connectivity index (χ2v) is 7.70. The molecule has 0 spiro atoms. The first-order valence-corrected chi connectivity index (χ1v) is 8.55. The summed E-state index contributed by atoms with van der Waals surface area (Å²) >= 11 is 0. The van der Waals surface area contributed by atoms with Gasteiger partial charge in [0.05, 0.1) is 6.10 Å². The molecule has 0 amide bonds. The summed E-state index contributed by atoms with van der Waals surface area (Å²) in [5.74, 6) is 0.735. The van der Waals surface area contributed by atoms with Crippen LogP contribution in [-0.4, -0.2) is 17.8 Å². The Balaban J connectivity index is 1.68. The van der Waals surface area contributed by atoms with Crippen LogP contribution in [-0.2, 0) is 6.42 Å². The Hall–Kier alpha value is -0.860. The highest BCUT2D eigenvalue weighted by Crippen LogP contribution is 2.43. The Labute approximate surface area is 129 Å². The lowest BCUT2D eigenvalue weighted by Gasteiger charge is -2.41. The van der Waals surface area contributed by atoms with Gasteiger partial charge in [0.1, 0.15) is 0 Å². The molecule has 2 heteroatoms. The summed E-state index contributed by atoms with van der Waals surface area (Å²) in [7, 11) is 0. The third-order valence-electron chi connectivity index (χ3n) is 5.61. The Kier molecular flexibility index (Phi) is 4.37. The minimum atomic E-state index is -0.0481. The van der Waals surface area contributed by atoms with E-state index in [1.54, 1.807) is 0 Å². The van der Waals surface area contributed by atoms with Gasteiger partial charge >= 0.3 is 0 Å². The summed E-state index contributed by atoms with van der Waals surface area (Å²) < 4.78 is 0. The molecular formula is C19H29NO. The molecule has 0 radical (unpaired) electrons. The van der Waals surface area contributed by atoms with Gasteiger partial charge in [-0.1, -0.05) is 38.1 Å². The molecule has 1 atom stereocenters. The van der Waals surface area contributed by atoms with Crippen LogP contribution in [0, 0.1) is 11.3 Å². The first-order chi connectivity index (χ1) is 10.1. The van der Waals surface area contributed by atoms with Crippen LogP contribution in [0.15, 0.2) is 24.3 Å². The number of fused-ring (bicyclic) bond motifs is 1. The van der Waals surface area contributed by atoms with E-state index in [0.717, 1.165) is 25.3 Å². The quantitative estimate of drug-likeness (QED) is 0.885. The number of rotatable bonds is 3. The van der Waals surface area contributed by atoms with Crippen LogP contribution in [0.4, 0.5) is 0 Å². The molecule has 1 aromatic carbocycles. The molecule has 116 valence electrons. The second-order valence-electron chi connectivity index (χ2n) is 7.70. The van der Waals surface area contributed by atoms with Gasteiger partial charge in [0.15, 0.2) is 0 Å². The highest BCUT2D eigenvalue weighted by Gasteiger charge is 2.35. The van der Waals surface area contributed by atoms with Gasteiger partial charge in [-0.3, -0.25) is 0 Å². The molecule has 0 saturated heterocycles. The van der Waals surface area contributed by atoms with Gasteiger partial charge in [0.25, 0.3) is 0 Å². The van der Waals surface area contributed by atoms with Gasteiger partial charge in [-0.25, -0.2) is 0 Å². The maximum absolute atomic E-state index is 9.64.